The van der Waals surface area contributed by atoms with Crippen LogP contribution in [-0.2, 0) is 27.2 Å². The third kappa shape index (κ3) is 7.26. The first-order valence-electron chi connectivity index (χ1n) is 10.5. The Kier molecular flexibility index (Phi) is 8.39. The Morgan fingerprint density at radius 3 is 2.48 bits per heavy atom. The Morgan fingerprint density at radius 1 is 1.18 bits per heavy atom. The van der Waals surface area contributed by atoms with Gasteiger partial charge in [0, 0.05) is 50.5 Å². The summed E-state index contributed by atoms with van der Waals surface area (Å²) in [6.45, 7) is 3.69. The second kappa shape index (κ2) is 11.2. The number of hydrogen-bond acceptors (Lipinski definition) is 6. The second-order valence-electron chi connectivity index (χ2n) is 7.68. The molecular weight excluding hydrogens is 445 g/mol. The normalized spacial score (nSPS) is 18.6. The van der Waals surface area contributed by atoms with Crippen molar-refractivity contribution in [2.24, 2.45) is 5.92 Å². The van der Waals surface area contributed by atoms with E-state index >= 15 is 0 Å². The number of amides is 1. The summed E-state index contributed by atoms with van der Waals surface area (Å²) in [6, 6.07) is 3.40. The molecule has 0 aromatic carbocycles. The molecule has 0 saturated carbocycles. The lowest BCUT2D eigenvalue weighted by Crippen LogP contribution is -2.32. The van der Waals surface area contributed by atoms with Gasteiger partial charge in [0.1, 0.15) is 6.10 Å². The van der Waals surface area contributed by atoms with Gasteiger partial charge in [0.2, 0.25) is 0 Å². The smallest absolute Gasteiger partial charge is 0.475 e. The molecule has 4 heterocycles. The molecule has 2 aromatic heterocycles. The summed E-state index contributed by atoms with van der Waals surface area (Å²) >= 11 is 0. The monoisotopic (exact) mass is 470 g/mol. The SMILES string of the molecule is O=C(NCC1OCCc2cn(CC3CCOCC3)nc21)c1ccncc1.O=C(O)C(F)(F)F. The Bertz CT molecular complexity index is 930. The summed E-state index contributed by atoms with van der Waals surface area (Å²) in [5.41, 5.74) is 2.78. The average Bonchev–Trinajstić information content (AvgIpc) is 3.21. The fourth-order valence-corrected chi connectivity index (χ4v) is 3.56. The number of fused-ring (bicyclic) bond motifs is 1. The third-order valence-corrected chi connectivity index (χ3v) is 5.28. The maximum absolute atomic E-state index is 12.2. The van der Waals surface area contributed by atoms with Crippen molar-refractivity contribution in [2.75, 3.05) is 26.4 Å². The van der Waals surface area contributed by atoms with E-state index in [1.54, 1.807) is 24.5 Å². The van der Waals surface area contributed by atoms with Gasteiger partial charge in [-0.25, -0.2) is 4.79 Å². The predicted octanol–water partition coefficient (Wildman–Crippen LogP) is 2.38. The van der Waals surface area contributed by atoms with Gasteiger partial charge in [-0.2, -0.15) is 18.3 Å². The fraction of sp³-hybridized carbons (Fsp3) is 0.524. The molecule has 9 nitrogen and oxygen atoms in total. The van der Waals surface area contributed by atoms with Crippen LogP contribution in [0.25, 0.3) is 0 Å². The minimum Gasteiger partial charge on any atom is -0.475 e. The van der Waals surface area contributed by atoms with Crippen molar-refractivity contribution in [3.63, 3.8) is 0 Å². The van der Waals surface area contributed by atoms with Crippen molar-refractivity contribution in [3.8, 4) is 0 Å². The number of aromatic nitrogens is 3. The molecule has 1 atom stereocenters. The second-order valence-corrected chi connectivity index (χ2v) is 7.68. The fourth-order valence-electron chi connectivity index (χ4n) is 3.56. The number of rotatable bonds is 5. The van der Waals surface area contributed by atoms with E-state index in [2.05, 4.69) is 16.5 Å². The Balaban J connectivity index is 0.000000383. The van der Waals surface area contributed by atoms with Crippen LogP contribution in [0.15, 0.2) is 30.7 Å². The zero-order valence-corrected chi connectivity index (χ0v) is 17.8. The van der Waals surface area contributed by atoms with Crippen LogP contribution in [-0.4, -0.2) is 64.3 Å². The molecule has 2 aromatic rings. The molecule has 180 valence electrons. The molecule has 2 N–H and O–H groups in total. The van der Waals surface area contributed by atoms with Crippen LogP contribution in [0.2, 0.25) is 0 Å². The van der Waals surface area contributed by atoms with Gasteiger partial charge < -0.3 is 19.9 Å². The average molecular weight is 470 g/mol. The van der Waals surface area contributed by atoms with Crippen LogP contribution in [0, 0.1) is 5.92 Å². The van der Waals surface area contributed by atoms with Gasteiger partial charge >= 0.3 is 12.1 Å². The molecule has 1 saturated heterocycles. The molecule has 2 aliphatic heterocycles. The summed E-state index contributed by atoms with van der Waals surface area (Å²) in [5.74, 6) is -2.26. The number of nitrogens with zero attached hydrogens (tertiary/aromatic N) is 3. The molecule has 4 rings (SSSR count). The Labute approximate surface area is 187 Å². The number of aliphatic carboxylic acids is 1. The number of carboxylic acids is 1. The lowest BCUT2D eigenvalue weighted by Gasteiger charge is -2.22. The highest BCUT2D eigenvalue weighted by Crippen LogP contribution is 2.26. The van der Waals surface area contributed by atoms with Crippen molar-refractivity contribution in [3.05, 3.63) is 47.5 Å². The zero-order chi connectivity index (χ0) is 23.8. The molecule has 0 bridgehead atoms. The Hall–Kier alpha value is -2.99. The molecule has 33 heavy (non-hydrogen) atoms. The van der Waals surface area contributed by atoms with Gasteiger partial charge in [-0.1, -0.05) is 0 Å². The van der Waals surface area contributed by atoms with Gasteiger partial charge in [-0.3, -0.25) is 14.5 Å². The van der Waals surface area contributed by atoms with Crippen molar-refractivity contribution < 1.29 is 37.3 Å². The molecule has 1 amide bonds. The first kappa shape index (κ1) is 24.6. The van der Waals surface area contributed by atoms with E-state index in [0.717, 1.165) is 44.7 Å². The van der Waals surface area contributed by atoms with Gasteiger partial charge in [0.05, 0.1) is 12.3 Å². The summed E-state index contributed by atoms with van der Waals surface area (Å²) in [4.78, 5) is 25.1. The van der Waals surface area contributed by atoms with E-state index < -0.39 is 12.1 Å². The molecule has 0 radical (unpaired) electrons. The van der Waals surface area contributed by atoms with E-state index in [0.29, 0.717) is 24.6 Å². The molecular formula is C21H25F3N4O5. The standard InChI is InChI=1S/C19H24N4O3.C2HF3O2/c24-19(15-1-6-20-7-2-15)21-11-17-18-16(5-10-26-17)13-23(22-18)12-14-3-8-25-9-4-14;3-2(4,5)1(6)7/h1-2,6-7,13-14,17H,3-5,8-12H2,(H,21,24);(H,6,7). The summed E-state index contributed by atoms with van der Waals surface area (Å²) in [7, 11) is 0. The number of halogens is 3. The van der Waals surface area contributed by atoms with E-state index in [1.165, 1.54) is 5.56 Å². The minimum atomic E-state index is -5.08. The van der Waals surface area contributed by atoms with Gasteiger partial charge in [-0.05, 0) is 42.9 Å². The van der Waals surface area contributed by atoms with Crippen molar-refractivity contribution in [1.82, 2.24) is 20.1 Å². The molecule has 12 heteroatoms. The molecule has 0 aliphatic carbocycles. The minimum absolute atomic E-state index is 0.121. The van der Waals surface area contributed by atoms with Gasteiger partial charge in [0.15, 0.2) is 0 Å². The van der Waals surface area contributed by atoms with E-state index in [1.807, 2.05) is 4.68 Å². The van der Waals surface area contributed by atoms with E-state index in [9.17, 15) is 18.0 Å². The molecule has 1 unspecified atom stereocenters. The number of ether oxygens (including phenoxy) is 2. The first-order valence-corrected chi connectivity index (χ1v) is 10.5. The summed E-state index contributed by atoms with van der Waals surface area (Å²) < 4.78 is 45.1. The maximum atomic E-state index is 12.2. The molecule has 0 spiro atoms. The predicted molar refractivity (Wildman–Crippen MR) is 108 cm³/mol. The van der Waals surface area contributed by atoms with E-state index in [4.69, 9.17) is 24.5 Å². The quantitative estimate of drug-likeness (QED) is 0.689. The lowest BCUT2D eigenvalue weighted by atomic mass is 10.0. The number of pyridine rings is 1. The lowest BCUT2D eigenvalue weighted by molar-refractivity contribution is -0.192. The number of carbonyl (C=O) groups excluding carboxylic acids is 1. The number of carboxylic acid groups (broad SMARTS) is 1. The van der Waals surface area contributed by atoms with Gasteiger partial charge in [-0.15, -0.1) is 0 Å². The summed E-state index contributed by atoms with van der Waals surface area (Å²) in [5, 5.41) is 14.8. The third-order valence-electron chi connectivity index (χ3n) is 5.28. The number of hydrogen-bond donors (Lipinski definition) is 2. The number of nitrogens with one attached hydrogen (secondary N) is 1. The van der Waals surface area contributed by atoms with Gasteiger partial charge in [0.25, 0.3) is 5.91 Å². The van der Waals surface area contributed by atoms with E-state index in [-0.39, 0.29) is 12.0 Å². The van der Waals surface area contributed by atoms with Crippen LogP contribution in [0.5, 0.6) is 0 Å². The van der Waals surface area contributed by atoms with Crippen LogP contribution in [0.3, 0.4) is 0 Å². The van der Waals surface area contributed by atoms with Crippen LogP contribution in [0.1, 0.15) is 40.6 Å². The Morgan fingerprint density at radius 2 is 1.85 bits per heavy atom. The molecule has 1 fully saturated rings. The number of alkyl halides is 3. The topological polar surface area (TPSA) is 116 Å². The van der Waals surface area contributed by atoms with Crippen molar-refractivity contribution in [2.45, 2.75) is 38.1 Å². The largest absolute Gasteiger partial charge is 0.490 e. The maximum Gasteiger partial charge on any atom is 0.490 e. The van der Waals surface area contributed by atoms with Crippen molar-refractivity contribution >= 4 is 11.9 Å². The highest BCUT2D eigenvalue weighted by Gasteiger charge is 2.38. The van der Waals surface area contributed by atoms with Crippen LogP contribution in [0.4, 0.5) is 13.2 Å². The van der Waals surface area contributed by atoms with Crippen LogP contribution >= 0.6 is 0 Å². The van der Waals surface area contributed by atoms with Crippen molar-refractivity contribution in [1.29, 1.82) is 0 Å². The summed E-state index contributed by atoms with van der Waals surface area (Å²) in [6.07, 6.45) is 3.15. The molecule has 2 aliphatic rings. The van der Waals surface area contributed by atoms with Crippen LogP contribution < -0.4 is 5.32 Å². The zero-order valence-electron chi connectivity index (χ0n) is 17.8. The first-order chi connectivity index (χ1) is 15.7. The highest BCUT2D eigenvalue weighted by molar-refractivity contribution is 5.93. The highest BCUT2D eigenvalue weighted by atomic mass is 19.4. The number of carbonyl (C=O) groups is 2.